The molecule has 0 spiro atoms. The largest absolute Gasteiger partial charge is 3.00 e. The van der Waals surface area contributed by atoms with E-state index in [1.54, 1.807) is 6.20 Å². The zero-order chi connectivity index (χ0) is 9.10. The molecule has 0 aliphatic heterocycles. The van der Waals surface area contributed by atoms with Gasteiger partial charge < -0.3 is 19.8 Å². The molecule has 1 nitrogen and oxygen atoms in total. The predicted molar refractivity (Wildman–Crippen MR) is 66.1 cm³/mol. The molecular formula is C14H16IrN. The molecular weight excluding hydrogens is 374 g/mol. The minimum Gasteiger partial charge on any atom is -0.358 e. The summed E-state index contributed by atoms with van der Waals surface area (Å²) in [5, 5.41) is 0. The Bertz CT molecular complexity index is 381. The number of pyridine rings is 1. The molecule has 86 valence electrons. The molecule has 0 N–H and O–H groups in total. The third-order valence-corrected chi connectivity index (χ3v) is 1.91. The van der Waals surface area contributed by atoms with Crippen LogP contribution in [0.2, 0.25) is 0 Å². The Balaban J connectivity index is 0. The summed E-state index contributed by atoms with van der Waals surface area (Å²) in [6.07, 6.45) is 1.79. The third-order valence-electron chi connectivity index (χ3n) is 1.91. The summed E-state index contributed by atoms with van der Waals surface area (Å²) in [7, 11) is 0. The number of nitrogens with zero attached hydrogens (tertiary/aromatic N) is 1. The van der Waals surface area contributed by atoms with Gasteiger partial charge in [0.15, 0.2) is 0 Å². The Labute approximate surface area is 112 Å². The SMILES string of the molecule is Cc1c[c-]c(-c2ccccn2)cc1.[CH3-].[CH3-].[Ir+3]. The molecule has 0 aliphatic carbocycles. The monoisotopic (exact) mass is 391 g/mol. The summed E-state index contributed by atoms with van der Waals surface area (Å²) in [5.41, 5.74) is 3.24. The van der Waals surface area contributed by atoms with E-state index in [0.29, 0.717) is 0 Å². The van der Waals surface area contributed by atoms with Crippen LogP contribution >= 0.6 is 0 Å². The fraction of sp³-hybridized carbons (Fsp3) is 0.0714. The fourth-order valence-corrected chi connectivity index (χ4v) is 1.18. The first-order valence-electron chi connectivity index (χ1n) is 4.26. The maximum Gasteiger partial charge on any atom is 3.00 e. The molecule has 1 aromatic carbocycles. The minimum absolute atomic E-state index is 0. The number of rotatable bonds is 1. The number of aromatic nitrogens is 1. The molecule has 1 aromatic heterocycles. The van der Waals surface area contributed by atoms with Gasteiger partial charge in [0, 0.05) is 6.20 Å². The van der Waals surface area contributed by atoms with E-state index in [9.17, 15) is 0 Å². The van der Waals surface area contributed by atoms with Crippen molar-refractivity contribution in [2.75, 3.05) is 0 Å². The summed E-state index contributed by atoms with van der Waals surface area (Å²) in [6.45, 7) is 2.05. The van der Waals surface area contributed by atoms with Crippen LogP contribution in [0.4, 0.5) is 0 Å². The third kappa shape index (κ3) is 4.26. The maximum atomic E-state index is 4.25. The molecule has 0 fully saturated rings. The Morgan fingerprint density at radius 1 is 1.06 bits per heavy atom. The van der Waals surface area contributed by atoms with Crippen molar-refractivity contribution in [2.45, 2.75) is 6.92 Å². The van der Waals surface area contributed by atoms with Crippen LogP contribution in [0.25, 0.3) is 11.3 Å². The van der Waals surface area contributed by atoms with E-state index >= 15 is 0 Å². The van der Waals surface area contributed by atoms with Crippen LogP contribution in [0.15, 0.2) is 42.6 Å². The molecule has 2 heteroatoms. The van der Waals surface area contributed by atoms with Gasteiger partial charge in [0.1, 0.15) is 0 Å². The summed E-state index contributed by atoms with van der Waals surface area (Å²) < 4.78 is 0. The van der Waals surface area contributed by atoms with Gasteiger partial charge in [-0.15, -0.1) is 35.4 Å². The van der Waals surface area contributed by atoms with E-state index in [0.717, 1.165) is 11.3 Å². The molecule has 0 bridgehead atoms. The Hall–Kier alpha value is -0.981. The summed E-state index contributed by atoms with van der Waals surface area (Å²) in [6, 6.07) is 15.2. The zero-order valence-corrected chi connectivity index (χ0v) is 12.2. The van der Waals surface area contributed by atoms with Gasteiger partial charge in [0.2, 0.25) is 0 Å². The average molecular weight is 391 g/mol. The topological polar surface area (TPSA) is 12.9 Å². The van der Waals surface area contributed by atoms with Crippen LogP contribution in [0.5, 0.6) is 0 Å². The van der Waals surface area contributed by atoms with Crippen LogP contribution in [-0.2, 0) is 20.1 Å². The van der Waals surface area contributed by atoms with E-state index < -0.39 is 0 Å². The first kappa shape index (κ1) is 17.4. The summed E-state index contributed by atoms with van der Waals surface area (Å²) in [5.74, 6) is 0. The first-order chi connectivity index (χ1) is 6.36. The summed E-state index contributed by atoms with van der Waals surface area (Å²) in [4.78, 5) is 4.25. The van der Waals surface area contributed by atoms with Crippen molar-refractivity contribution in [3.05, 3.63) is 69.1 Å². The molecule has 0 saturated carbocycles. The number of benzene rings is 1. The van der Waals surface area contributed by atoms with Crippen molar-refractivity contribution in [2.24, 2.45) is 0 Å². The van der Waals surface area contributed by atoms with Crippen molar-refractivity contribution >= 4 is 0 Å². The summed E-state index contributed by atoms with van der Waals surface area (Å²) >= 11 is 0. The van der Waals surface area contributed by atoms with Crippen molar-refractivity contribution in [1.29, 1.82) is 0 Å². The van der Waals surface area contributed by atoms with Gasteiger partial charge in [-0.1, -0.05) is 19.1 Å². The van der Waals surface area contributed by atoms with Crippen LogP contribution in [-0.4, -0.2) is 4.98 Å². The number of aryl methyl sites for hydroxylation is 1. The number of hydrogen-bond donors (Lipinski definition) is 0. The maximum absolute atomic E-state index is 4.25. The second-order valence-corrected chi connectivity index (χ2v) is 2.99. The van der Waals surface area contributed by atoms with E-state index in [1.807, 2.05) is 30.3 Å². The molecule has 0 aliphatic rings. The molecule has 0 atom stereocenters. The smallest absolute Gasteiger partial charge is 0.358 e. The molecule has 0 saturated heterocycles. The minimum atomic E-state index is 0. The second kappa shape index (κ2) is 8.20. The van der Waals surface area contributed by atoms with Crippen molar-refractivity contribution in [1.82, 2.24) is 4.98 Å². The molecule has 0 radical (unpaired) electrons. The predicted octanol–water partition coefficient (Wildman–Crippen LogP) is 3.76. The van der Waals surface area contributed by atoms with Crippen molar-refractivity contribution in [3.63, 3.8) is 0 Å². The van der Waals surface area contributed by atoms with Crippen LogP contribution in [0, 0.1) is 27.8 Å². The van der Waals surface area contributed by atoms with E-state index in [4.69, 9.17) is 0 Å². The normalized spacial score (nSPS) is 8.06. The Morgan fingerprint density at radius 2 is 1.81 bits per heavy atom. The molecule has 0 unspecified atom stereocenters. The zero-order valence-electron chi connectivity index (χ0n) is 9.82. The number of hydrogen-bond acceptors (Lipinski definition) is 1. The van der Waals surface area contributed by atoms with Crippen molar-refractivity contribution in [3.8, 4) is 11.3 Å². The quantitative estimate of drug-likeness (QED) is 0.676. The molecule has 0 amide bonds. The Morgan fingerprint density at radius 3 is 2.31 bits per heavy atom. The van der Waals surface area contributed by atoms with Crippen LogP contribution in [0.3, 0.4) is 0 Å². The fourth-order valence-electron chi connectivity index (χ4n) is 1.18. The molecule has 16 heavy (non-hydrogen) atoms. The van der Waals surface area contributed by atoms with Crippen molar-refractivity contribution < 1.29 is 20.1 Å². The Kier molecular flexibility index (Phi) is 8.93. The van der Waals surface area contributed by atoms with Gasteiger partial charge in [-0.3, -0.25) is 0 Å². The van der Waals surface area contributed by atoms with E-state index in [1.165, 1.54) is 5.56 Å². The van der Waals surface area contributed by atoms with Gasteiger partial charge in [0.05, 0.1) is 0 Å². The average Bonchev–Trinajstić information content (AvgIpc) is 2.20. The molecule has 1 heterocycles. The van der Waals surface area contributed by atoms with Gasteiger partial charge in [-0.2, -0.15) is 0 Å². The first-order valence-corrected chi connectivity index (χ1v) is 4.26. The molecule has 2 rings (SSSR count). The van der Waals surface area contributed by atoms with Gasteiger partial charge in [0.25, 0.3) is 0 Å². The second-order valence-electron chi connectivity index (χ2n) is 2.99. The standard InChI is InChI=1S/C12H10N.2CH3.Ir/c1-10-5-7-11(8-6-10)12-4-2-3-9-13-12;;;/h2-7,9H,1H3;2*1H3;/q3*-1;+3. The van der Waals surface area contributed by atoms with Gasteiger partial charge >= 0.3 is 20.1 Å². The van der Waals surface area contributed by atoms with E-state index in [-0.39, 0.29) is 35.0 Å². The van der Waals surface area contributed by atoms with Gasteiger partial charge in [-0.25, -0.2) is 0 Å². The van der Waals surface area contributed by atoms with Crippen LogP contribution in [0.1, 0.15) is 5.56 Å². The molecule has 2 aromatic rings. The van der Waals surface area contributed by atoms with E-state index in [2.05, 4.69) is 24.0 Å². The van der Waals surface area contributed by atoms with Crippen LogP contribution < -0.4 is 0 Å². The van der Waals surface area contributed by atoms with Gasteiger partial charge in [-0.05, 0) is 11.8 Å².